The molecule has 7 heavy (non-hydrogen) atoms. The third kappa shape index (κ3) is 0.244. The lowest BCUT2D eigenvalue weighted by Crippen LogP contribution is -2.15. The lowest BCUT2D eigenvalue weighted by Gasteiger charge is -2.26. The van der Waals surface area contributed by atoms with Gasteiger partial charge in [0.25, 0.3) is 0 Å². The highest BCUT2D eigenvalue weighted by Gasteiger charge is 2.34. The van der Waals surface area contributed by atoms with Crippen molar-refractivity contribution in [3.8, 4) is 0 Å². The van der Waals surface area contributed by atoms with E-state index in [1.165, 1.54) is 12.0 Å². The number of rotatable bonds is 0. The van der Waals surface area contributed by atoms with Crippen LogP contribution in [0, 0.1) is 11.8 Å². The molecule has 0 aromatic carbocycles. The summed E-state index contributed by atoms with van der Waals surface area (Å²) in [7, 11) is 0. The minimum Gasteiger partial charge on any atom is -0.0987 e. The highest BCUT2D eigenvalue weighted by atomic mass is 14.4. The average molecular weight is 92.1 g/mol. The third-order valence-corrected chi connectivity index (χ3v) is 2.04. The van der Waals surface area contributed by atoms with Gasteiger partial charge in [0.1, 0.15) is 0 Å². The predicted octanol–water partition coefficient (Wildman–Crippen LogP) is 1.75. The largest absolute Gasteiger partial charge is 0.0987 e. The molecule has 0 N–H and O–H groups in total. The van der Waals surface area contributed by atoms with Gasteiger partial charge in [-0.3, -0.25) is 0 Å². The average Bonchev–Trinajstić information content (AvgIpc) is 2.18. The molecule has 0 amide bonds. The molecule has 3 aliphatic carbocycles. The topological polar surface area (TPSA) is 0 Å². The second kappa shape index (κ2) is 0.835. The second-order valence-corrected chi connectivity index (χ2v) is 2.41. The molecule has 2 atom stereocenters. The van der Waals surface area contributed by atoms with Gasteiger partial charge in [0, 0.05) is 0 Å². The fraction of sp³-hybridized carbons (Fsp3) is 0.429. The van der Waals surface area contributed by atoms with Gasteiger partial charge >= 0.3 is 0 Å². The molecule has 2 bridgehead atoms. The van der Waals surface area contributed by atoms with Gasteiger partial charge in [-0.25, -0.2) is 0 Å². The van der Waals surface area contributed by atoms with E-state index in [2.05, 4.69) is 18.7 Å². The first-order valence-electron chi connectivity index (χ1n) is 2.75. The summed E-state index contributed by atoms with van der Waals surface area (Å²) in [6, 6.07) is 0. The molecule has 0 saturated heterocycles. The van der Waals surface area contributed by atoms with Crippen LogP contribution in [-0.2, 0) is 0 Å². The van der Waals surface area contributed by atoms with E-state index in [4.69, 9.17) is 0 Å². The van der Waals surface area contributed by atoms with Crippen LogP contribution in [0.4, 0.5) is 0 Å². The van der Waals surface area contributed by atoms with Crippen molar-refractivity contribution in [1.82, 2.24) is 0 Å². The predicted molar refractivity (Wildman–Crippen MR) is 29.9 cm³/mol. The van der Waals surface area contributed by atoms with Crippen molar-refractivity contribution in [3.05, 3.63) is 24.3 Å². The maximum absolute atomic E-state index is 3.92. The summed E-state index contributed by atoms with van der Waals surface area (Å²) in [6.45, 7) is 3.92. The van der Waals surface area contributed by atoms with Crippen LogP contribution < -0.4 is 0 Å². The summed E-state index contributed by atoms with van der Waals surface area (Å²) in [5.74, 6) is 1.56. The first-order chi connectivity index (χ1) is 3.38. The molecule has 1 fully saturated rings. The Bertz CT molecular complexity index is 128. The van der Waals surface area contributed by atoms with E-state index >= 15 is 0 Å². The fourth-order valence-corrected chi connectivity index (χ4v) is 1.36. The molecule has 3 aliphatic rings. The zero-order valence-corrected chi connectivity index (χ0v) is 4.22. The monoisotopic (exact) mass is 92.1 g/mol. The van der Waals surface area contributed by atoms with Crippen LogP contribution in [0.5, 0.6) is 0 Å². The molecule has 0 heteroatoms. The first kappa shape index (κ1) is 3.48. The molecule has 0 nitrogen and oxygen atoms in total. The SMILES string of the molecule is C=C1C2C=CC1C2. The summed E-state index contributed by atoms with van der Waals surface area (Å²) >= 11 is 0. The van der Waals surface area contributed by atoms with Gasteiger partial charge in [0.05, 0.1) is 0 Å². The highest BCUT2D eigenvalue weighted by Crippen LogP contribution is 2.46. The Labute approximate surface area is 43.5 Å². The first-order valence-corrected chi connectivity index (χ1v) is 2.75. The van der Waals surface area contributed by atoms with Gasteiger partial charge in [0.2, 0.25) is 0 Å². The molecule has 1 saturated carbocycles. The second-order valence-electron chi connectivity index (χ2n) is 2.41. The van der Waals surface area contributed by atoms with Gasteiger partial charge in [-0.05, 0) is 18.3 Å². The van der Waals surface area contributed by atoms with Crippen LogP contribution in [-0.4, -0.2) is 0 Å². The van der Waals surface area contributed by atoms with Crippen molar-refractivity contribution in [2.45, 2.75) is 6.42 Å². The zero-order chi connectivity index (χ0) is 4.85. The highest BCUT2D eigenvalue weighted by molar-refractivity contribution is 5.34. The summed E-state index contributed by atoms with van der Waals surface area (Å²) < 4.78 is 0. The Balaban J connectivity index is 2.40. The van der Waals surface area contributed by atoms with E-state index < -0.39 is 0 Å². The summed E-state index contributed by atoms with van der Waals surface area (Å²) in [5, 5.41) is 0. The molecule has 0 aromatic rings. The lowest BCUT2D eigenvalue weighted by molar-refractivity contribution is 0.481. The molecule has 36 valence electrons. The molecular formula is C7H8. The maximum atomic E-state index is 3.92. The minimum atomic E-state index is 0.782. The van der Waals surface area contributed by atoms with Crippen molar-refractivity contribution in [2.24, 2.45) is 11.8 Å². The Morgan fingerprint density at radius 3 is 2.14 bits per heavy atom. The van der Waals surface area contributed by atoms with Crippen LogP contribution in [0.1, 0.15) is 6.42 Å². The maximum Gasteiger partial charge on any atom is -0.00112 e. The standard InChI is InChI=1S/C7H8/c1-5-6-2-3-7(5)4-6/h2-3,6-7H,1,4H2. The van der Waals surface area contributed by atoms with E-state index in [1.54, 1.807) is 0 Å². The van der Waals surface area contributed by atoms with E-state index in [9.17, 15) is 0 Å². The molecule has 0 aromatic heterocycles. The van der Waals surface area contributed by atoms with Gasteiger partial charge in [-0.15, -0.1) is 0 Å². The number of hydrogen-bond donors (Lipinski definition) is 0. The molecule has 0 aliphatic heterocycles. The Morgan fingerprint density at radius 2 is 2.00 bits per heavy atom. The van der Waals surface area contributed by atoms with E-state index in [1.807, 2.05) is 0 Å². The van der Waals surface area contributed by atoms with E-state index in [-0.39, 0.29) is 0 Å². The Kier molecular flexibility index (Phi) is 0.415. The summed E-state index contributed by atoms with van der Waals surface area (Å²) in [5.41, 5.74) is 1.44. The molecule has 2 unspecified atom stereocenters. The van der Waals surface area contributed by atoms with Crippen molar-refractivity contribution in [1.29, 1.82) is 0 Å². The molecule has 0 spiro atoms. The summed E-state index contributed by atoms with van der Waals surface area (Å²) in [4.78, 5) is 0. The van der Waals surface area contributed by atoms with Gasteiger partial charge in [-0.1, -0.05) is 24.3 Å². The fourth-order valence-electron chi connectivity index (χ4n) is 1.36. The van der Waals surface area contributed by atoms with Crippen LogP contribution in [0.2, 0.25) is 0 Å². The molecular weight excluding hydrogens is 84.1 g/mol. The van der Waals surface area contributed by atoms with Gasteiger partial charge in [-0.2, -0.15) is 0 Å². The van der Waals surface area contributed by atoms with Crippen LogP contribution in [0.25, 0.3) is 0 Å². The van der Waals surface area contributed by atoms with Crippen LogP contribution in [0.15, 0.2) is 24.3 Å². The smallest absolute Gasteiger partial charge is 0.00112 e. The van der Waals surface area contributed by atoms with Crippen molar-refractivity contribution in [2.75, 3.05) is 0 Å². The van der Waals surface area contributed by atoms with Crippen molar-refractivity contribution in [3.63, 3.8) is 0 Å². The number of hydrogen-bond acceptors (Lipinski definition) is 0. The van der Waals surface area contributed by atoms with Gasteiger partial charge in [0.15, 0.2) is 0 Å². The van der Waals surface area contributed by atoms with E-state index in [0.717, 1.165) is 11.8 Å². The zero-order valence-electron chi connectivity index (χ0n) is 4.22. The Morgan fingerprint density at radius 1 is 1.43 bits per heavy atom. The number of allylic oxidation sites excluding steroid dienone is 3. The third-order valence-electron chi connectivity index (χ3n) is 2.04. The summed E-state index contributed by atoms with van der Waals surface area (Å²) in [6.07, 6.45) is 5.90. The quantitative estimate of drug-likeness (QED) is 0.399. The van der Waals surface area contributed by atoms with Crippen molar-refractivity contribution >= 4 is 0 Å². The normalized spacial score (nSPS) is 44.3. The van der Waals surface area contributed by atoms with Crippen molar-refractivity contribution < 1.29 is 0 Å². The molecule has 0 radical (unpaired) electrons. The van der Waals surface area contributed by atoms with Gasteiger partial charge < -0.3 is 0 Å². The Hall–Kier alpha value is -0.520. The molecule has 3 rings (SSSR count). The minimum absolute atomic E-state index is 0.782. The van der Waals surface area contributed by atoms with Crippen LogP contribution >= 0.6 is 0 Å². The lowest BCUT2D eigenvalue weighted by atomic mass is 9.78. The van der Waals surface area contributed by atoms with E-state index in [0.29, 0.717) is 0 Å². The molecule has 0 heterocycles. The van der Waals surface area contributed by atoms with Crippen LogP contribution in [0.3, 0.4) is 0 Å².